The summed E-state index contributed by atoms with van der Waals surface area (Å²) in [5.41, 5.74) is 9.16. The molecule has 2 aliphatic rings. The maximum absolute atomic E-state index is 11.4. The second-order valence-electron chi connectivity index (χ2n) is 12.0. The highest BCUT2D eigenvalue weighted by molar-refractivity contribution is 6.35. The minimum Gasteiger partial charge on any atom is -0.481 e. The summed E-state index contributed by atoms with van der Waals surface area (Å²) in [6.45, 7) is 8.84. The van der Waals surface area contributed by atoms with E-state index in [4.69, 9.17) is 26.1 Å². The topological polar surface area (TPSA) is 111 Å². The SMILES string of the molecule is CCN1CCc2cn(-c3cccc(-c4cccc(-c5nc6cc(CN7CCC(C(=O)O)C7)cc(C#N)c6o5)c4C)c3Cl)nc2C1. The van der Waals surface area contributed by atoms with E-state index < -0.39 is 5.97 Å². The molecule has 10 heteroatoms. The Balaban J connectivity index is 1.22. The van der Waals surface area contributed by atoms with Gasteiger partial charge in [-0.3, -0.25) is 14.6 Å². The van der Waals surface area contributed by atoms with E-state index in [-0.39, 0.29) is 5.92 Å². The molecule has 5 aromatic rings. The van der Waals surface area contributed by atoms with Crippen LogP contribution in [0.2, 0.25) is 5.02 Å². The van der Waals surface area contributed by atoms with Gasteiger partial charge in [0.15, 0.2) is 5.58 Å². The highest BCUT2D eigenvalue weighted by atomic mass is 35.5. The minimum absolute atomic E-state index is 0.358. The average molecular weight is 621 g/mol. The third kappa shape index (κ3) is 5.39. The Bertz CT molecular complexity index is 1990. The van der Waals surface area contributed by atoms with Crippen molar-refractivity contribution in [3.63, 3.8) is 0 Å². The summed E-state index contributed by atoms with van der Waals surface area (Å²) in [6.07, 6.45) is 3.70. The Morgan fingerprint density at radius 1 is 1.13 bits per heavy atom. The van der Waals surface area contributed by atoms with E-state index in [9.17, 15) is 15.2 Å². The molecule has 9 nitrogen and oxygen atoms in total. The minimum atomic E-state index is -0.763. The first kappa shape index (κ1) is 29.2. The fourth-order valence-electron chi connectivity index (χ4n) is 6.63. The van der Waals surface area contributed by atoms with Crippen molar-refractivity contribution in [3.05, 3.63) is 87.7 Å². The van der Waals surface area contributed by atoms with E-state index in [2.05, 4.69) is 29.0 Å². The molecule has 0 saturated carbocycles. The quantitative estimate of drug-likeness (QED) is 0.220. The molecule has 7 rings (SSSR count). The van der Waals surface area contributed by atoms with Crippen molar-refractivity contribution >= 4 is 28.7 Å². The molecular formula is C35H33ClN6O3. The first-order valence-corrected chi connectivity index (χ1v) is 15.7. The molecule has 0 bridgehead atoms. The highest BCUT2D eigenvalue weighted by Gasteiger charge is 2.28. The monoisotopic (exact) mass is 620 g/mol. The Morgan fingerprint density at radius 3 is 2.71 bits per heavy atom. The molecule has 45 heavy (non-hydrogen) atoms. The van der Waals surface area contributed by atoms with Gasteiger partial charge in [0, 0.05) is 43.5 Å². The van der Waals surface area contributed by atoms with E-state index in [0.29, 0.717) is 53.6 Å². The van der Waals surface area contributed by atoms with Crippen LogP contribution in [0, 0.1) is 24.2 Å². The van der Waals surface area contributed by atoms with Crippen LogP contribution in [0.4, 0.5) is 0 Å². The molecule has 1 atom stereocenters. The van der Waals surface area contributed by atoms with Crippen molar-refractivity contribution in [2.45, 2.75) is 39.8 Å². The van der Waals surface area contributed by atoms with Gasteiger partial charge in [-0.05, 0) is 79.4 Å². The lowest BCUT2D eigenvalue weighted by molar-refractivity contribution is -0.141. The molecule has 1 N–H and O–H groups in total. The number of oxazole rings is 1. The molecule has 2 aliphatic heterocycles. The third-order valence-electron chi connectivity index (χ3n) is 9.17. The molecule has 1 saturated heterocycles. The molecule has 228 valence electrons. The number of halogens is 1. The van der Waals surface area contributed by atoms with Crippen LogP contribution in [0.15, 0.2) is 59.1 Å². The molecule has 4 heterocycles. The van der Waals surface area contributed by atoms with Crippen molar-refractivity contribution < 1.29 is 14.3 Å². The summed E-state index contributed by atoms with van der Waals surface area (Å²) in [5.74, 6) is -0.692. The van der Waals surface area contributed by atoms with Gasteiger partial charge >= 0.3 is 5.97 Å². The van der Waals surface area contributed by atoms with Gasteiger partial charge in [0.25, 0.3) is 0 Å². The van der Waals surface area contributed by atoms with Gasteiger partial charge in [-0.1, -0.05) is 42.8 Å². The standard InChI is InChI=1S/C35H33ClN6O3/c1-3-40-12-10-23-19-42(39-30(23)20-40)31-9-5-8-28(32(31)36)26-6-4-7-27(21(26)2)34-38-29-15-22(14-25(16-37)33(29)45-34)17-41-13-11-24(18-41)35(43)44/h4-9,14-15,19,24H,3,10-13,17-18,20H2,1-2H3,(H,43,44). The molecular weight excluding hydrogens is 588 g/mol. The number of rotatable bonds is 7. The van der Waals surface area contributed by atoms with E-state index in [0.717, 1.165) is 65.3 Å². The fourth-order valence-corrected chi connectivity index (χ4v) is 6.94. The lowest BCUT2D eigenvalue weighted by Gasteiger charge is -2.23. The number of aromatic nitrogens is 3. The van der Waals surface area contributed by atoms with E-state index in [1.807, 2.05) is 60.1 Å². The van der Waals surface area contributed by atoms with Crippen molar-refractivity contribution in [3.8, 4) is 34.3 Å². The average Bonchev–Trinajstić information content (AvgIpc) is 3.79. The number of nitriles is 1. The van der Waals surface area contributed by atoms with Crippen molar-refractivity contribution in [1.82, 2.24) is 24.6 Å². The number of fused-ring (bicyclic) bond motifs is 2. The Hall–Kier alpha value is -4.49. The van der Waals surface area contributed by atoms with Crippen LogP contribution >= 0.6 is 11.6 Å². The molecule has 3 aromatic carbocycles. The van der Waals surface area contributed by atoms with Crippen LogP contribution in [-0.4, -0.2) is 61.8 Å². The van der Waals surface area contributed by atoms with Crippen LogP contribution in [0.25, 0.3) is 39.4 Å². The highest BCUT2D eigenvalue weighted by Crippen LogP contribution is 2.39. The number of aliphatic carboxylic acids is 1. The molecule has 2 aromatic heterocycles. The summed E-state index contributed by atoms with van der Waals surface area (Å²) in [7, 11) is 0. The van der Waals surface area contributed by atoms with Crippen LogP contribution in [0.3, 0.4) is 0 Å². The van der Waals surface area contributed by atoms with Crippen LogP contribution < -0.4 is 0 Å². The number of nitrogens with zero attached hydrogens (tertiary/aromatic N) is 6. The van der Waals surface area contributed by atoms with Crippen molar-refractivity contribution in [2.75, 3.05) is 26.2 Å². The molecule has 0 aliphatic carbocycles. The van der Waals surface area contributed by atoms with Crippen LogP contribution in [-0.2, 0) is 24.3 Å². The summed E-state index contributed by atoms with van der Waals surface area (Å²) in [5, 5.41) is 24.8. The third-order valence-corrected chi connectivity index (χ3v) is 9.57. The maximum atomic E-state index is 11.4. The fraction of sp³-hybridized carbons (Fsp3) is 0.314. The van der Waals surface area contributed by atoms with E-state index >= 15 is 0 Å². The number of carboxylic acid groups (broad SMARTS) is 1. The van der Waals surface area contributed by atoms with Crippen molar-refractivity contribution in [1.29, 1.82) is 5.26 Å². The van der Waals surface area contributed by atoms with Gasteiger partial charge < -0.3 is 9.52 Å². The molecule has 0 spiro atoms. The largest absolute Gasteiger partial charge is 0.481 e. The smallest absolute Gasteiger partial charge is 0.307 e. The first-order valence-electron chi connectivity index (χ1n) is 15.3. The number of hydrogen-bond donors (Lipinski definition) is 1. The molecule has 1 fully saturated rings. The second kappa shape index (κ2) is 11.8. The zero-order chi connectivity index (χ0) is 31.2. The van der Waals surface area contributed by atoms with Gasteiger partial charge in [-0.15, -0.1) is 0 Å². The van der Waals surface area contributed by atoms with Gasteiger partial charge in [0.05, 0.1) is 27.9 Å². The van der Waals surface area contributed by atoms with Gasteiger partial charge in [-0.25, -0.2) is 9.67 Å². The summed E-state index contributed by atoms with van der Waals surface area (Å²) in [6, 6.07) is 18.0. The van der Waals surface area contributed by atoms with Crippen LogP contribution in [0.5, 0.6) is 0 Å². The maximum Gasteiger partial charge on any atom is 0.307 e. The normalized spacial score (nSPS) is 17.1. The summed E-state index contributed by atoms with van der Waals surface area (Å²) >= 11 is 7.10. The molecule has 0 amide bonds. The molecule has 1 unspecified atom stereocenters. The van der Waals surface area contributed by atoms with Gasteiger partial charge in [-0.2, -0.15) is 10.4 Å². The summed E-state index contributed by atoms with van der Waals surface area (Å²) in [4.78, 5) is 20.7. The number of likely N-dealkylation sites (tertiary alicyclic amines) is 1. The van der Waals surface area contributed by atoms with Crippen LogP contribution in [0.1, 0.15) is 41.3 Å². The number of benzene rings is 3. The van der Waals surface area contributed by atoms with E-state index in [1.54, 1.807) is 0 Å². The van der Waals surface area contributed by atoms with Gasteiger partial charge in [0.1, 0.15) is 11.6 Å². The zero-order valence-electron chi connectivity index (χ0n) is 25.3. The number of carbonyl (C=O) groups is 1. The predicted octanol–water partition coefficient (Wildman–Crippen LogP) is 6.47. The lowest BCUT2D eigenvalue weighted by Crippen LogP contribution is -2.29. The molecule has 0 radical (unpaired) electrons. The number of hydrogen-bond acceptors (Lipinski definition) is 7. The zero-order valence-corrected chi connectivity index (χ0v) is 26.0. The second-order valence-corrected chi connectivity index (χ2v) is 12.3. The van der Waals surface area contributed by atoms with Crippen molar-refractivity contribution in [2.24, 2.45) is 5.92 Å². The summed E-state index contributed by atoms with van der Waals surface area (Å²) < 4.78 is 8.14. The van der Waals surface area contributed by atoms with E-state index in [1.165, 1.54) is 5.56 Å². The number of likely N-dealkylation sites (N-methyl/N-ethyl adjacent to an activating group) is 1. The number of carboxylic acids is 1. The predicted molar refractivity (Wildman–Crippen MR) is 172 cm³/mol. The lowest BCUT2D eigenvalue weighted by atomic mass is 9.96. The Morgan fingerprint density at radius 2 is 1.93 bits per heavy atom. The first-order chi connectivity index (χ1) is 21.8. The van der Waals surface area contributed by atoms with Gasteiger partial charge in [0.2, 0.25) is 5.89 Å². The Labute approximate surface area is 266 Å². The Kier molecular flexibility index (Phi) is 7.66.